The zero-order valence-electron chi connectivity index (χ0n) is 15.6. The number of carbonyl (C=O) groups is 1. The van der Waals surface area contributed by atoms with Gasteiger partial charge in [0.15, 0.2) is 0 Å². The number of hydrogen-bond acceptors (Lipinski definition) is 4. The molecular formula is C20H30N4O. The van der Waals surface area contributed by atoms with Gasteiger partial charge in [-0.25, -0.2) is 9.97 Å². The fourth-order valence-corrected chi connectivity index (χ4v) is 4.61. The minimum Gasteiger partial charge on any atom is -0.356 e. The highest BCUT2D eigenvalue weighted by Gasteiger charge is 2.43. The number of piperidine rings is 2. The second-order valence-corrected chi connectivity index (χ2v) is 8.36. The molecule has 4 rings (SSSR count). The Morgan fingerprint density at radius 1 is 1.28 bits per heavy atom. The van der Waals surface area contributed by atoms with Crippen molar-refractivity contribution >= 4 is 11.7 Å². The summed E-state index contributed by atoms with van der Waals surface area (Å²) in [4.78, 5) is 26.2. The molecule has 5 nitrogen and oxygen atoms in total. The number of anilines is 1. The van der Waals surface area contributed by atoms with Crippen LogP contribution in [-0.2, 0) is 11.2 Å². The van der Waals surface area contributed by atoms with E-state index in [-0.39, 0.29) is 5.41 Å². The molecule has 1 aromatic rings. The quantitative estimate of drug-likeness (QED) is 0.844. The number of aryl methyl sites for hydroxylation is 2. The molecule has 1 spiro atoms. The molecule has 3 fully saturated rings. The fourth-order valence-electron chi connectivity index (χ4n) is 4.61. The van der Waals surface area contributed by atoms with Gasteiger partial charge in [0.25, 0.3) is 0 Å². The van der Waals surface area contributed by atoms with E-state index in [0.29, 0.717) is 5.91 Å². The Kier molecular flexibility index (Phi) is 4.42. The van der Waals surface area contributed by atoms with Crippen molar-refractivity contribution in [2.24, 2.45) is 11.3 Å². The highest BCUT2D eigenvalue weighted by Crippen LogP contribution is 2.41. The summed E-state index contributed by atoms with van der Waals surface area (Å²) >= 11 is 0. The van der Waals surface area contributed by atoms with Crippen LogP contribution in [0.2, 0.25) is 0 Å². The minimum atomic E-state index is 0.255. The maximum atomic E-state index is 12.4. The molecule has 0 radical (unpaired) electrons. The molecular weight excluding hydrogens is 312 g/mol. The molecule has 5 heteroatoms. The lowest BCUT2D eigenvalue weighted by molar-refractivity contribution is -0.138. The van der Waals surface area contributed by atoms with Gasteiger partial charge in [0.2, 0.25) is 5.91 Å². The van der Waals surface area contributed by atoms with E-state index in [2.05, 4.69) is 21.7 Å². The second-order valence-electron chi connectivity index (χ2n) is 8.36. The van der Waals surface area contributed by atoms with Gasteiger partial charge in [0.1, 0.15) is 11.6 Å². The number of aromatic nitrogens is 2. The van der Waals surface area contributed by atoms with E-state index in [9.17, 15) is 4.79 Å². The standard InChI is InChI=1S/C20H30N4O/c1-3-17-11-21-15(2)22-19(17)23-10-4-8-20(13-23)9-7-18(25)24(14-20)12-16-5-6-16/h11,16H,3-10,12-14H2,1-2H3/t20-/m0/s1. The molecule has 3 heterocycles. The van der Waals surface area contributed by atoms with Gasteiger partial charge in [-0.3, -0.25) is 4.79 Å². The Bertz CT molecular complexity index is 657. The van der Waals surface area contributed by atoms with E-state index in [1.807, 2.05) is 13.1 Å². The fraction of sp³-hybridized carbons (Fsp3) is 0.750. The van der Waals surface area contributed by atoms with Gasteiger partial charge in [0, 0.05) is 49.8 Å². The average molecular weight is 342 g/mol. The molecule has 0 aromatic carbocycles. The van der Waals surface area contributed by atoms with E-state index in [1.165, 1.54) is 31.2 Å². The number of nitrogens with zero attached hydrogens (tertiary/aromatic N) is 4. The SMILES string of the molecule is CCc1cnc(C)nc1N1CCC[C@]2(CCC(=O)N(CC3CC3)C2)C1. The van der Waals surface area contributed by atoms with E-state index in [0.717, 1.165) is 63.0 Å². The van der Waals surface area contributed by atoms with Crippen molar-refractivity contribution in [1.29, 1.82) is 0 Å². The molecule has 0 unspecified atom stereocenters. The summed E-state index contributed by atoms with van der Waals surface area (Å²) in [5.41, 5.74) is 1.50. The number of carbonyl (C=O) groups excluding carboxylic acids is 1. The van der Waals surface area contributed by atoms with Crippen LogP contribution in [0.25, 0.3) is 0 Å². The molecule has 1 atom stereocenters. The zero-order chi connectivity index (χ0) is 17.4. The maximum absolute atomic E-state index is 12.4. The van der Waals surface area contributed by atoms with E-state index >= 15 is 0 Å². The molecule has 1 saturated carbocycles. The maximum Gasteiger partial charge on any atom is 0.222 e. The summed E-state index contributed by atoms with van der Waals surface area (Å²) in [6.07, 6.45) is 9.76. The third-order valence-electron chi connectivity index (χ3n) is 6.23. The van der Waals surface area contributed by atoms with Gasteiger partial charge in [0.05, 0.1) is 0 Å². The average Bonchev–Trinajstić information content (AvgIpc) is 3.43. The van der Waals surface area contributed by atoms with Crippen LogP contribution in [-0.4, -0.2) is 47.0 Å². The van der Waals surface area contributed by atoms with Crippen LogP contribution in [0, 0.1) is 18.3 Å². The van der Waals surface area contributed by atoms with Crippen LogP contribution in [0.4, 0.5) is 5.82 Å². The smallest absolute Gasteiger partial charge is 0.222 e. The first-order valence-electron chi connectivity index (χ1n) is 9.94. The van der Waals surface area contributed by atoms with Crippen molar-refractivity contribution < 1.29 is 4.79 Å². The molecule has 136 valence electrons. The first kappa shape index (κ1) is 16.8. The molecule has 0 N–H and O–H groups in total. The van der Waals surface area contributed by atoms with Gasteiger partial charge in [-0.1, -0.05) is 6.92 Å². The van der Waals surface area contributed by atoms with Gasteiger partial charge < -0.3 is 9.80 Å². The first-order valence-corrected chi connectivity index (χ1v) is 9.94. The van der Waals surface area contributed by atoms with Crippen LogP contribution in [0.3, 0.4) is 0 Å². The van der Waals surface area contributed by atoms with Crippen molar-refractivity contribution in [2.75, 3.05) is 31.1 Å². The Labute approximate surface area is 150 Å². The first-order chi connectivity index (χ1) is 12.1. The summed E-state index contributed by atoms with van der Waals surface area (Å²) in [5.74, 6) is 3.12. The van der Waals surface area contributed by atoms with Crippen molar-refractivity contribution in [3.8, 4) is 0 Å². The highest BCUT2D eigenvalue weighted by molar-refractivity contribution is 5.77. The molecule has 0 bridgehead atoms. The summed E-state index contributed by atoms with van der Waals surface area (Å²) in [6.45, 7) is 8.19. The number of amides is 1. The van der Waals surface area contributed by atoms with Crippen molar-refractivity contribution in [2.45, 2.75) is 58.8 Å². The normalized spacial score (nSPS) is 27.2. The van der Waals surface area contributed by atoms with Crippen molar-refractivity contribution in [1.82, 2.24) is 14.9 Å². The highest BCUT2D eigenvalue weighted by atomic mass is 16.2. The van der Waals surface area contributed by atoms with E-state index < -0.39 is 0 Å². The molecule has 2 saturated heterocycles. The van der Waals surface area contributed by atoms with Crippen LogP contribution in [0.15, 0.2) is 6.20 Å². The van der Waals surface area contributed by atoms with E-state index in [1.54, 1.807) is 0 Å². The number of rotatable bonds is 4. The third-order valence-corrected chi connectivity index (χ3v) is 6.23. The third kappa shape index (κ3) is 3.51. The minimum absolute atomic E-state index is 0.255. The Hall–Kier alpha value is -1.65. The van der Waals surface area contributed by atoms with Gasteiger partial charge in [-0.05, 0) is 51.4 Å². The predicted molar refractivity (Wildman–Crippen MR) is 98.6 cm³/mol. The molecule has 3 aliphatic rings. The van der Waals surface area contributed by atoms with Crippen LogP contribution >= 0.6 is 0 Å². The van der Waals surface area contributed by atoms with Crippen molar-refractivity contribution in [3.05, 3.63) is 17.6 Å². The van der Waals surface area contributed by atoms with Crippen LogP contribution < -0.4 is 4.90 Å². The lowest BCUT2D eigenvalue weighted by atomic mass is 9.73. The lowest BCUT2D eigenvalue weighted by Crippen LogP contribution is -2.54. The molecule has 2 aliphatic heterocycles. The largest absolute Gasteiger partial charge is 0.356 e. The Balaban J connectivity index is 1.54. The molecule has 1 aromatic heterocycles. The summed E-state index contributed by atoms with van der Waals surface area (Å²) in [5, 5.41) is 0. The molecule has 1 amide bonds. The molecule has 1 aliphatic carbocycles. The van der Waals surface area contributed by atoms with Gasteiger partial charge in [-0.15, -0.1) is 0 Å². The van der Waals surface area contributed by atoms with Gasteiger partial charge in [-0.2, -0.15) is 0 Å². The number of hydrogen-bond donors (Lipinski definition) is 0. The zero-order valence-corrected chi connectivity index (χ0v) is 15.6. The topological polar surface area (TPSA) is 49.3 Å². The second kappa shape index (κ2) is 6.58. The summed E-state index contributed by atoms with van der Waals surface area (Å²) < 4.78 is 0. The number of likely N-dealkylation sites (tertiary alicyclic amines) is 1. The summed E-state index contributed by atoms with van der Waals surface area (Å²) in [7, 11) is 0. The van der Waals surface area contributed by atoms with Crippen LogP contribution in [0.5, 0.6) is 0 Å². The van der Waals surface area contributed by atoms with Crippen LogP contribution in [0.1, 0.15) is 56.8 Å². The van der Waals surface area contributed by atoms with Gasteiger partial charge >= 0.3 is 0 Å². The Morgan fingerprint density at radius 3 is 2.88 bits per heavy atom. The lowest BCUT2D eigenvalue weighted by Gasteiger charge is -2.49. The predicted octanol–water partition coefficient (Wildman–Crippen LogP) is 2.97. The monoisotopic (exact) mass is 342 g/mol. The Morgan fingerprint density at radius 2 is 2.12 bits per heavy atom. The molecule has 25 heavy (non-hydrogen) atoms. The van der Waals surface area contributed by atoms with Crippen molar-refractivity contribution in [3.63, 3.8) is 0 Å². The van der Waals surface area contributed by atoms with E-state index in [4.69, 9.17) is 4.98 Å². The summed E-state index contributed by atoms with van der Waals surface area (Å²) in [6, 6.07) is 0.